The lowest BCUT2D eigenvalue weighted by atomic mass is 10.0. The van der Waals surface area contributed by atoms with Gasteiger partial charge < -0.3 is 10.2 Å². The molecule has 0 saturated heterocycles. The minimum absolute atomic E-state index is 0.0769. The first-order valence-electron chi connectivity index (χ1n) is 14.0. The van der Waals surface area contributed by atoms with Crippen LogP contribution >= 0.6 is 0 Å². The molecule has 2 amide bonds. The Labute approximate surface area is 248 Å². The van der Waals surface area contributed by atoms with Crippen molar-refractivity contribution < 1.29 is 18.0 Å². The van der Waals surface area contributed by atoms with Crippen LogP contribution in [-0.4, -0.2) is 44.3 Å². The number of carbonyl (C=O) groups is 2. The average molecular weight is 584 g/mol. The van der Waals surface area contributed by atoms with E-state index < -0.39 is 28.5 Å². The van der Waals surface area contributed by atoms with E-state index in [1.165, 1.54) is 17.0 Å². The van der Waals surface area contributed by atoms with E-state index in [4.69, 9.17) is 0 Å². The molecule has 0 bridgehead atoms. The molecule has 8 heteroatoms. The van der Waals surface area contributed by atoms with Crippen LogP contribution in [0.25, 0.3) is 0 Å². The molecular formula is C34H37N3O4S. The van der Waals surface area contributed by atoms with Crippen LogP contribution in [0.1, 0.15) is 29.2 Å². The molecular weight excluding hydrogens is 546 g/mol. The van der Waals surface area contributed by atoms with Gasteiger partial charge in [0.05, 0.1) is 10.6 Å². The van der Waals surface area contributed by atoms with Crippen molar-refractivity contribution in [2.45, 2.75) is 44.7 Å². The number of hydrogen-bond donors (Lipinski definition) is 1. The third-order valence-electron chi connectivity index (χ3n) is 7.03. The highest BCUT2D eigenvalue weighted by Gasteiger charge is 2.34. The van der Waals surface area contributed by atoms with Crippen LogP contribution in [-0.2, 0) is 32.6 Å². The lowest BCUT2D eigenvalue weighted by Crippen LogP contribution is -2.53. The Kier molecular flexibility index (Phi) is 10.1. The lowest BCUT2D eigenvalue weighted by molar-refractivity contribution is -0.140. The second-order valence-electron chi connectivity index (χ2n) is 10.3. The van der Waals surface area contributed by atoms with Crippen molar-refractivity contribution in [3.8, 4) is 0 Å². The summed E-state index contributed by atoms with van der Waals surface area (Å²) in [4.78, 5) is 29.4. The van der Waals surface area contributed by atoms with E-state index in [-0.39, 0.29) is 23.8 Å². The van der Waals surface area contributed by atoms with Gasteiger partial charge in [-0.05, 0) is 56.2 Å². The second-order valence-corrected chi connectivity index (χ2v) is 12.1. The van der Waals surface area contributed by atoms with E-state index in [2.05, 4.69) is 5.32 Å². The Morgan fingerprint density at radius 1 is 0.738 bits per heavy atom. The first-order chi connectivity index (χ1) is 20.2. The van der Waals surface area contributed by atoms with Crippen LogP contribution in [0.3, 0.4) is 0 Å². The number of amides is 2. The average Bonchev–Trinajstić information content (AvgIpc) is 3.00. The number of nitrogens with one attached hydrogen (secondary N) is 1. The summed E-state index contributed by atoms with van der Waals surface area (Å²) in [5.41, 5.74) is 4.13. The van der Waals surface area contributed by atoms with Gasteiger partial charge in [0.2, 0.25) is 11.8 Å². The topological polar surface area (TPSA) is 86.8 Å². The minimum atomic E-state index is -4.10. The summed E-state index contributed by atoms with van der Waals surface area (Å²) in [6.45, 7) is 5.78. The van der Waals surface area contributed by atoms with Gasteiger partial charge in [-0.15, -0.1) is 0 Å². The van der Waals surface area contributed by atoms with E-state index in [0.29, 0.717) is 12.2 Å². The third-order valence-corrected chi connectivity index (χ3v) is 8.82. The number of nitrogens with zero attached hydrogens (tertiary/aromatic N) is 2. The molecule has 1 atom stereocenters. The first kappa shape index (κ1) is 30.5. The molecule has 0 spiro atoms. The van der Waals surface area contributed by atoms with Gasteiger partial charge in [0, 0.05) is 19.5 Å². The molecule has 4 rings (SSSR count). The number of carbonyl (C=O) groups excluding carboxylic acids is 2. The van der Waals surface area contributed by atoms with Crippen LogP contribution in [0.5, 0.6) is 0 Å². The fourth-order valence-corrected chi connectivity index (χ4v) is 6.13. The molecule has 0 aromatic heterocycles. The highest BCUT2D eigenvalue weighted by molar-refractivity contribution is 7.92. The first-order valence-corrected chi connectivity index (χ1v) is 15.4. The van der Waals surface area contributed by atoms with Gasteiger partial charge in [0.25, 0.3) is 10.0 Å². The maximum atomic E-state index is 14.3. The number of likely N-dealkylation sites (N-methyl/N-ethyl adjacent to an activating group) is 1. The van der Waals surface area contributed by atoms with Crippen molar-refractivity contribution in [2.75, 3.05) is 17.4 Å². The van der Waals surface area contributed by atoms with Crippen molar-refractivity contribution in [1.29, 1.82) is 0 Å². The maximum absolute atomic E-state index is 14.3. The van der Waals surface area contributed by atoms with Crippen LogP contribution in [0.4, 0.5) is 5.69 Å². The van der Waals surface area contributed by atoms with Gasteiger partial charge >= 0.3 is 0 Å². The van der Waals surface area contributed by atoms with Crippen molar-refractivity contribution in [3.05, 3.63) is 131 Å². The Balaban J connectivity index is 1.78. The summed E-state index contributed by atoms with van der Waals surface area (Å²) in [6.07, 6.45) is 0.278. The zero-order chi connectivity index (χ0) is 30.1. The summed E-state index contributed by atoms with van der Waals surface area (Å²) in [5.74, 6) is -0.780. The number of rotatable bonds is 12. The van der Waals surface area contributed by atoms with Gasteiger partial charge in [-0.1, -0.05) is 96.1 Å². The largest absolute Gasteiger partial charge is 0.355 e. The van der Waals surface area contributed by atoms with E-state index in [1.807, 2.05) is 87.5 Å². The highest BCUT2D eigenvalue weighted by atomic mass is 32.2. The standard InChI is InChI=1S/C34H37N3O4S/c1-4-35-34(39)32(23-28-11-7-5-8-12-28)36(24-29-19-15-26(2)16-20-29)33(38)25-37(30-21-17-27(3)18-22-30)42(40,41)31-13-9-6-10-14-31/h5-22,32H,4,23-25H2,1-3H3,(H,35,39). The molecule has 0 aliphatic heterocycles. The minimum Gasteiger partial charge on any atom is -0.355 e. The summed E-state index contributed by atoms with van der Waals surface area (Å²) in [6, 6.07) is 31.5. The van der Waals surface area contributed by atoms with Gasteiger partial charge in [-0.2, -0.15) is 0 Å². The monoisotopic (exact) mass is 583 g/mol. The van der Waals surface area contributed by atoms with Crippen LogP contribution in [0, 0.1) is 13.8 Å². The number of aryl methyl sites for hydroxylation is 2. The second kappa shape index (κ2) is 14.0. The smallest absolute Gasteiger partial charge is 0.264 e. The van der Waals surface area contributed by atoms with E-state index in [1.54, 1.807) is 30.3 Å². The van der Waals surface area contributed by atoms with Crippen molar-refractivity contribution >= 4 is 27.5 Å². The molecule has 0 radical (unpaired) electrons. The molecule has 42 heavy (non-hydrogen) atoms. The van der Waals surface area contributed by atoms with Gasteiger partial charge in [-0.25, -0.2) is 8.42 Å². The van der Waals surface area contributed by atoms with Gasteiger partial charge in [0.15, 0.2) is 0 Å². The van der Waals surface area contributed by atoms with Gasteiger partial charge in [-0.3, -0.25) is 13.9 Å². The Morgan fingerprint density at radius 2 is 1.29 bits per heavy atom. The van der Waals surface area contributed by atoms with Crippen LogP contribution in [0.2, 0.25) is 0 Å². The fourth-order valence-electron chi connectivity index (χ4n) is 4.70. The van der Waals surface area contributed by atoms with Crippen molar-refractivity contribution in [2.24, 2.45) is 0 Å². The van der Waals surface area contributed by atoms with Crippen LogP contribution < -0.4 is 9.62 Å². The Morgan fingerprint density at radius 3 is 1.86 bits per heavy atom. The fraction of sp³-hybridized carbons (Fsp3) is 0.235. The molecule has 0 fully saturated rings. The van der Waals surface area contributed by atoms with Gasteiger partial charge in [0.1, 0.15) is 12.6 Å². The third kappa shape index (κ3) is 7.64. The van der Waals surface area contributed by atoms with E-state index in [0.717, 1.165) is 26.6 Å². The summed E-state index contributed by atoms with van der Waals surface area (Å²) in [7, 11) is -4.10. The molecule has 7 nitrogen and oxygen atoms in total. The number of sulfonamides is 1. The number of benzene rings is 4. The molecule has 0 aliphatic carbocycles. The molecule has 218 valence electrons. The number of anilines is 1. The zero-order valence-electron chi connectivity index (χ0n) is 24.2. The van der Waals surface area contributed by atoms with Crippen molar-refractivity contribution in [3.63, 3.8) is 0 Å². The maximum Gasteiger partial charge on any atom is 0.264 e. The molecule has 1 unspecified atom stereocenters. The molecule has 4 aromatic carbocycles. The molecule has 0 saturated carbocycles. The number of hydrogen-bond acceptors (Lipinski definition) is 4. The quantitative estimate of drug-likeness (QED) is 0.246. The summed E-state index contributed by atoms with van der Waals surface area (Å²) < 4.78 is 29.0. The van der Waals surface area contributed by atoms with E-state index in [9.17, 15) is 18.0 Å². The predicted molar refractivity (Wildman–Crippen MR) is 166 cm³/mol. The zero-order valence-corrected chi connectivity index (χ0v) is 25.1. The Bertz CT molecular complexity index is 1570. The lowest BCUT2D eigenvalue weighted by Gasteiger charge is -2.34. The Hall–Kier alpha value is -4.43. The predicted octanol–water partition coefficient (Wildman–Crippen LogP) is 5.27. The van der Waals surface area contributed by atoms with Crippen LogP contribution in [0.15, 0.2) is 114 Å². The van der Waals surface area contributed by atoms with Crippen molar-refractivity contribution in [1.82, 2.24) is 10.2 Å². The molecule has 4 aromatic rings. The molecule has 0 aliphatic rings. The molecule has 1 N–H and O–H groups in total. The summed E-state index contributed by atoms with van der Waals surface area (Å²) in [5, 5.41) is 2.88. The van der Waals surface area contributed by atoms with E-state index >= 15 is 0 Å². The molecule has 0 heterocycles. The SMILES string of the molecule is CCNC(=O)C(Cc1ccccc1)N(Cc1ccc(C)cc1)C(=O)CN(c1ccc(C)cc1)S(=O)(=O)c1ccccc1. The summed E-state index contributed by atoms with van der Waals surface area (Å²) >= 11 is 0. The normalized spacial score (nSPS) is 11.9. The highest BCUT2D eigenvalue weighted by Crippen LogP contribution is 2.25.